The first-order valence-corrected chi connectivity index (χ1v) is 11.3. The molecular weight excluding hydrogens is 432 g/mol. The normalized spacial score (nSPS) is 14.4. The van der Waals surface area contributed by atoms with Crippen molar-refractivity contribution in [2.75, 3.05) is 31.1 Å². The predicted molar refractivity (Wildman–Crippen MR) is 125 cm³/mol. The van der Waals surface area contributed by atoms with Crippen molar-refractivity contribution in [3.63, 3.8) is 0 Å². The standard InChI is InChI=1S/C23H21ClN4O2S/c1-15-18-14-21(31-23(18)28(25-15)17-8-6-16(24)7-9-17)22(30)27-12-10-26(11-13-27)19-4-2-3-5-20(19)29/h2-9,14,29H,10-13H2,1H3. The molecule has 0 atom stereocenters. The van der Waals surface area contributed by atoms with Crippen LogP contribution in [0.5, 0.6) is 5.75 Å². The number of fused-ring (bicyclic) bond motifs is 1. The number of rotatable bonds is 3. The second-order valence-corrected chi connectivity index (χ2v) is 9.04. The van der Waals surface area contributed by atoms with Gasteiger partial charge in [-0.05, 0) is 49.4 Å². The molecule has 1 N–H and O–H groups in total. The molecule has 0 aliphatic carbocycles. The van der Waals surface area contributed by atoms with Crippen molar-refractivity contribution in [3.05, 3.63) is 70.2 Å². The summed E-state index contributed by atoms with van der Waals surface area (Å²) in [4.78, 5) is 18.9. The van der Waals surface area contributed by atoms with E-state index < -0.39 is 0 Å². The zero-order valence-corrected chi connectivity index (χ0v) is 18.5. The molecule has 2 aromatic carbocycles. The summed E-state index contributed by atoms with van der Waals surface area (Å²) in [6.45, 7) is 4.56. The van der Waals surface area contributed by atoms with E-state index in [1.807, 2.05) is 65.0 Å². The Labute approximate surface area is 188 Å². The van der Waals surface area contributed by atoms with Gasteiger partial charge < -0.3 is 14.9 Å². The number of phenolic OH excluding ortho intramolecular Hbond substituents is 1. The van der Waals surface area contributed by atoms with E-state index in [9.17, 15) is 9.90 Å². The first-order valence-electron chi connectivity index (χ1n) is 10.1. The van der Waals surface area contributed by atoms with Gasteiger partial charge in [0.15, 0.2) is 0 Å². The molecule has 6 nitrogen and oxygen atoms in total. The Morgan fingerprint density at radius 2 is 1.77 bits per heavy atom. The highest BCUT2D eigenvalue weighted by Crippen LogP contribution is 2.32. The van der Waals surface area contributed by atoms with E-state index in [2.05, 4.69) is 10.00 Å². The highest BCUT2D eigenvalue weighted by Gasteiger charge is 2.26. The highest BCUT2D eigenvalue weighted by atomic mass is 35.5. The molecule has 8 heteroatoms. The third-order valence-electron chi connectivity index (χ3n) is 5.62. The Morgan fingerprint density at radius 3 is 2.48 bits per heavy atom. The first kappa shape index (κ1) is 19.9. The molecule has 2 aromatic heterocycles. The number of carbonyl (C=O) groups excluding carboxylic acids is 1. The zero-order chi connectivity index (χ0) is 21.5. The summed E-state index contributed by atoms with van der Waals surface area (Å²) in [5, 5.41) is 16.4. The van der Waals surface area contributed by atoms with Gasteiger partial charge in [-0.25, -0.2) is 4.68 Å². The Hall–Kier alpha value is -3.03. The van der Waals surface area contributed by atoms with Crippen LogP contribution in [-0.4, -0.2) is 51.9 Å². The number of nitrogens with zero attached hydrogens (tertiary/aromatic N) is 4. The van der Waals surface area contributed by atoms with Gasteiger partial charge in [0.25, 0.3) is 5.91 Å². The molecular formula is C23H21ClN4O2S. The summed E-state index contributed by atoms with van der Waals surface area (Å²) >= 11 is 7.49. The second kappa shape index (κ2) is 7.90. The summed E-state index contributed by atoms with van der Waals surface area (Å²) in [7, 11) is 0. The van der Waals surface area contributed by atoms with E-state index in [0.29, 0.717) is 36.1 Å². The minimum atomic E-state index is 0.0418. The fourth-order valence-corrected chi connectivity index (χ4v) is 5.22. The van der Waals surface area contributed by atoms with Crippen LogP contribution in [0.1, 0.15) is 15.4 Å². The summed E-state index contributed by atoms with van der Waals surface area (Å²) in [6.07, 6.45) is 0. The fraction of sp³-hybridized carbons (Fsp3) is 0.217. The maximum Gasteiger partial charge on any atom is 0.264 e. The van der Waals surface area contributed by atoms with Gasteiger partial charge in [0, 0.05) is 36.6 Å². The van der Waals surface area contributed by atoms with Gasteiger partial charge in [-0.1, -0.05) is 23.7 Å². The van der Waals surface area contributed by atoms with Crippen LogP contribution in [0.3, 0.4) is 0 Å². The number of benzene rings is 2. The van der Waals surface area contributed by atoms with Crippen LogP contribution >= 0.6 is 22.9 Å². The number of carbonyl (C=O) groups is 1. The quantitative estimate of drug-likeness (QED) is 0.488. The molecule has 3 heterocycles. The molecule has 1 aliphatic heterocycles. The molecule has 0 saturated carbocycles. The number of amides is 1. The molecule has 1 fully saturated rings. The molecule has 5 rings (SSSR count). The lowest BCUT2D eigenvalue weighted by Crippen LogP contribution is -2.48. The minimum absolute atomic E-state index is 0.0418. The van der Waals surface area contributed by atoms with Crippen LogP contribution in [0.25, 0.3) is 15.9 Å². The first-order chi connectivity index (χ1) is 15.0. The summed E-state index contributed by atoms with van der Waals surface area (Å²) in [5.41, 5.74) is 2.62. The average Bonchev–Trinajstić information content (AvgIpc) is 3.35. The van der Waals surface area contributed by atoms with E-state index in [1.54, 1.807) is 6.07 Å². The summed E-state index contributed by atoms with van der Waals surface area (Å²) in [6, 6.07) is 16.8. The molecule has 4 aromatic rings. The molecule has 1 saturated heterocycles. The van der Waals surface area contributed by atoms with Crippen molar-refractivity contribution in [1.82, 2.24) is 14.7 Å². The van der Waals surface area contributed by atoms with Crippen LogP contribution in [0, 0.1) is 6.92 Å². The van der Waals surface area contributed by atoms with Crippen LogP contribution in [0.2, 0.25) is 5.02 Å². The number of aromatic hydroxyl groups is 1. The van der Waals surface area contributed by atoms with E-state index in [4.69, 9.17) is 11.6 Å². The van der Waals surface area contributed by atoms with Crippen LogP contribution in [0.4, 0.5) is 5.69 Å². The maximum atomic E-state index is 13.2. The van der Waals surface area contributed by atoms with E-state index >= 15 is 0 Å². The van der Waals surface area contributed by atoms with Crippen LogP contribution in [0.15, 0.2) is 54.6 Å². The summed E-state index contributed by atoms with van der Waals surface area (Å²) < 4.78 is 1.87. The topological polar surface area (TPSA) is 61.6 Å². The minimum Gasteiger partial charge on any atom is -0.506 e. The van der Waals surface area contributed by atoms with Gasteiger partial charge in [0.1, 0.15) is 10.6 Å². The highest BCUT2D eigenvalue weighted by molar-refractivity contribution is 7.20. The fourth-order valence-electron chi connectivity index (χ4n) is 3.95. The lowest BCUT2D eigenvalue weighted by molar-refractivity contribution is 0.0751. The summed E-state index contributed by atoms with van der Waals surface area (Å²) in [5.74, 6) is 0.314. The van der Waals surface area contributed by atoms with Gasteiger partial charge >= 0.3 is 0 Å². The van der Waals surface area contributed by atoms with Gasteiger partial charge in [-0.15, -0.1) is 11.3 Å². The third-order valence-corrected chi connectivity index (χ3v) is 6.97. The van der Waals surface area contributed by atoms with Gasteiger partial charge in [-0.2, -0.15) is 5.10 Å². The van der Waals surface area contributed by atoms with Crippen molar-refractivity contribution < 1.29 is 9.90 Å². The maximum absolute atomic E-state index is 13.2. The number of anilines is 1. The number of aromatic nitrogens is 2. The molecule has 0 unspecified atom stereocenters. The molecule has 158 valence electrons. The van der Waals surface area contributed by atoms with Gasteiger partial charge in [0.05, 0.1) is 21.9 Å². The monoisotopic (exact) mass is 452 g/mol. The Bertz CT molecular complexity index is 1260. The van der Waals surface area contributed by atoms with Crippen molar-refractivity contribution >= 4 is 44.7 Å². The Morgan fingerprint density at radius 1 is 1.06 bits per heavy atom. The van der Waals surface area contributed by atoms with Gasteiger partial charge in [-0.3, -0.25) is 4.79 Å². The largest absolute Gasteiger partial charge is 0.506 e. The Kier molecular flexibility index (Phi) is 5.08. The van der Waals surface area contributed by atoms with Crippen molar-refractivity contribution in [2.24, 2.45) is 0 Å². The lowest BCUT2D eigenvalue weighted by atomic mass is 10.2. The number of piperazine rings is 1. The number of aryl methyl sites for hydroxylation is 1. The number of thiophene rings is 1. The van der Waals surface area contributed by atoms with E-state index in [-0.39, 0.29) is 11.7 Å². The van der Waals surface area contributed by atoms with Crippen molar-refractivity contribution in [3.8, 4) is 11.4 Å². The smallest absolute Gasteiger partial charge is 0.264 e. The van der Waals surface area contributed by atoms with Gasteiger partial charge in [0.2, 0.25) is 0 Å². The average molecular weight is 453 g/mol. The molecule has 1 amide bonds. The van der Waals surface area contributed by atoms with Crippen molar-refractivity contribution in [1.29, 1.82) is 0 Å². The Balaban J connectivity index is 1.37. The van der Waals surface area contributed by atoms with Crippen LogP contribution < -0.4 is 4.90 Å². The second-order valence-electron chi connectivity index (χ2n) is 7.57. The third kappa shape index (κ3) is 3.64. The number of phenols is 1. The predicted octanol–water partition coefficient (Wildman–Crippen LogP) is 4.72. The molecule has 31 heavy (non-hydrogen) atoms. The van der Waals surface area contributed by atoms with E-state index in [0.717, 1.165) is 27.3 Å². The molecule has 0 bridgehead atoms. The van der Waals surface area contributed by atoms with E-state index in [1.165, 1.54) is 11.3 Å². The van der Waals surface area contributed by atoms with Crippen molar-refractivity contribution in [2.45, 2.75) is 6.92 Å². The number of hydrogen-bond acceptors (Lipinski definition) is 5. The van der Waals surface area contributed by atoms with Crippen LogP contribution in [-0.2, 0) is 0 Å². The molecule has 0 radical (unpaired) electrons. The SMILES string of the molecule is Cc1nn(-c2ccc(Cl)cc2)c2sc(C(=O)N3CCN(c4ccccc4O)CC3)cc12. The lowest BCUT2D eigenvalue weighted by Gasteiger charge is -2.36. The molecule has 1 aliphatic rings. The number of hydrogen-bond donors (Lipinski definition) is 1. The zero-order valence-electron chi connectivity index (χ0n) is 17.0. The number of para-hydroxylation sites is 2. The number of halogens is 1. The molecule has 0 spiro atoms.